The fraction of sp³-hybridized carbons (Fsp3) is 0.308. The zero-order valence-electron chi connectivity index (χ0n) is 11.7. The lowest BCUT2D eigenvalue weighted by atomic mass is 10.1. The van der Waals surface area contributed by atoms with Crippen LogP contribution in [0.2, 0.25) is 0 Å². The summed E-state index contributed by atoms with van der Waals surface area (Å²) >= 11 is 0. The number of aromatic amines is 1. The Bertz CT molecular complexity index is 709. The average Bonchev–Trinajstić information content (AvgIpc) is 2.84. The summed E-state index contributed by atoms with van der Waals surface area (Å²) in [6.45, 7) is 3.50. The van der Waals surface area contributed by atoms with E-state index in [4.69, 9.17) is 5.73 Å². The third-order valence-electron chi connectivity index (χ3n) is 3.38. The van der Waals surface area contributed by atoms with Crippen LogP contribution < -0.4 is 5.73 Å². The molecular formula is C13H18N4O2S. The fourth-order valence-electron chi connectivity index (χ4n) is 1.99. The molecule has 1 atom stereocenters. The molecule has 108 valence electrons. The Hall–Kier alpha value is -1.86. The molecule has 1 heterocycles. The average molecular weight is 294 g/mol. The third-order valence-corrected chi connectivity index (χ3v) is 5.42. The van der Waals surface area contributed by atoms with Gasteiger partial charge in [0.25, 0.3) is 0 Å². The Kier molecular flexibility index (Phi) is 3.82. The predicted molar refractivity (Wildman–Crippen MR) is 77.5 cm³/mol. The maximum atomic E-state index is 12.5. The zero-order valence-corrected chi connectivity index (χ0v) is 12.5. The first kappa shape index (κ1) is 14.5. The largest absolute Gasteiger partial charge is 0.399 e. The van der Waals surface area contributed by atoms with Crippen LogP contribution in [0.15, 0.2) is 35.4 Å². The lowest BCUT2D eigenvalue weighted by molar-refractivity contribution is 0.398. The second-order valence-corrected chi connectivity index (χ2v) is 6.69. The minimum Gasteiger partial charge on any atom is -0.399 e. The van der Waals surface area contributed by atoms with Crippen LogP contribution in [0.4, 0.5) is 5.69 Å². The number of nitrogens with one attached hydrogen (secondary N) is 1. The molecule has 7 heteroatoms. The number of benzene rings is 1. The van der Waals surface area contributed by atoms with Crippen molar-refractivity contribution in [3.05, 3.63) is 41.7 Å². The maximum Gasteiger partial charge on any atom is 0.246 e. The van der Waals surface area contributed by atoms with Gasteiger partial charge in [0.05, 0.1) is 11.9 Å². The topological polar surface area (TPSA) is 92.1 Å². The van der Waals surface area contributed by atoms with Gasteiger partial charge in [0.2, 0.25) is 10.0 Å². The van der Waals surface area contributed by atoms with E-state index in [2.05, 4.69) is 10.2 Å². The number of H-pyrrole nitrogens is 1. The van der Waals surface area contributed by atoms with Crippen molar-refractivity contribution in [3.63, 3.8) is 0 Å². The van der Waals surface area contributed by atoms with Crippen LogP contribution in [-0.4, -0.2) is 30.0 Å². The number of sulfonamides is 1. The van der Waals surface area contributed by atoms with Crippen molar-refractivity contribution >= 4 is 15.7 Å². The van der Waals surface area contributed by atoms with Crippen molar-refractivity contribution in [2.24, 2.45) is 0 Å². The standard InChI is InChI=1S/C13H18N4O2S/c1-9-13(8-15-16-9)20(18,19)17(3)10(2)11-5-4-6-12(14)7-11/h4-8,10H,14H2,1-3H3,(H,15,16). The zero-order chi connectivity index (χ0) is 14.9. The molecule has 1 unspecified atom stereocenters. The summed E-state index contributed by atoms with van der Waals surface area (Å²) in [4.78, 5) is 0.191. The van der Waals surface area contributed by atoms with E-state index in [0.29, 0.717) is 11.4 Å². The molecule has 0 fully saturated rings. The maximum absolute atomic E-state index is 12.5. The van der Waals surface area contributed by atoms with Crippen LogP contribution in [0, 0.1) is 6.92 Å². The van der Waals surface area contributed by atoms with Gasteiger partial charge in [-0.3, -0.25) is 5.10 Å². The quantitative estimate of drug-likeness (QED) is 0.839. The molecule has 0 saturated carbocycles. The van der Waals surface area contributed by atoms with E-state index < -0.39 is 10.0 Å². The van der Waals surface area contributed by atoms with Gasteiger partial charge in [-0.2, -0.15) is 9.40 Å². The number of hydrogen-bond donors (Lipinski definition) is 2. The molecule has 6 nitrogen and oxygen atoms in total. The Morgan fingerprint density at radius 1 is 1.40 bits per heavy atom. The predicted octanol–water partition coefficient (Wildman–Crippen LogP) is 1.68. The lowest BCUT2D eigenvalue weighted by Gasteiger charge is -2.24. The third kappa shape index (κ3) is 2.54. The van der Waals surface area contributed by atoms with Crippen LogP contribution in [0.3, 0.4) is 0 Å². The van der Waals surface area contributed by atoms with Gasteiger partial charge in [0.1, 0.15) is 4.90 Å². The molecule has 1 aromatic heterocycles. The van der Waals surface area contributed by atoms with Crippen molar-refractivity contribution in [2.75, 3.05) is 12.8 Å². The van der Waals surface area contributed by atoms with Gasteiger partial charge in [-0.05, 0) is 31.5 Å². The van der Waals surface area contributed by atoms with Gasteiger partial charge in [0.15, 0.2) is 0 Å². The minimum atomic E-state index is -3.59. The lowest BCUT2D eigenvalue weighted by Crippen LogP contribution is -2.30. The monoisotopic (exact) mass is 294 g/mol. The van der Waals surface area contributed by atoms with Gasteiger partial charge in [-0.1, -0.05) is 12.1 Å². The Labute approximate surface area is 118 Å². The summed E-state index contributed by atoms with van der Waals surface area (Å²) in [6, 6.07) is 6.89. The van der Waals surface area contributed by atoms with E-state index >= 15 is 0 Å². The number of aromatic nitrogens is 2. The Morgan fingerprint density at radius 3 is 2.65 bits per heavy atom. The van der Waals surface area contributed by atoms with Crippen molar-refractivity contribution in [1.82, 2.24) is 14.5 Å². The van der Waals surface area contributed by atoms with Gasteiger partial charge < -0.3 is 5.73 Å². The van der Waals surface area contributed by atoms with Gasteiger partial charge in [0, 0.05) is 18.8 Å². The Morgan fingerprint density at radius 2 is 2.10 bits per heavy atom. The summed E-state index contributed by atoms with van der Waals surface area (Å²) in [7, 11) is -2.04. The highest BCUT2D eigenvalue weighted by atomic mass is 32.2. The van der Waals surface area contributed by atoms with E-state index in [9.17, 15) is 8.42 Å². The first-order valence-corrected chi connectivity index (χ1v) is 7.61. The number of nitrogens with zero attached hydrogens (tertiary/aromatic N) is 2. The molecule has 0 spiro atoms. The molecule has 0 aliphatic heterocycles. The normalized spacial score (nSPS) is 13.6. The number of nitrogens with two attached hydrogens (primary N) is 1. The molecule has 3 N–H and O–H groups in total. The van der Waals surface area contributed by atoms with Crippen LogP contribution in [0.25, 0.3) is 0 Å². The molecule has 0 amide bonds. The summed E-state index contributed by atoms with van der Waals surface area (Å²) in [6.07, 6.45) is 1.33. The van der Waals surface area contributed by atoms with Crippen molar-refractivity contribution < 1.29 is 8.42 Å². The first-order valence-electron chi connectivity index (χ1n) is 6.17. The summed E-state index contributed by atoms with van der Waals surface area (Å²) < 4.78 is 26.4. The van der Waals surface area contributed by atoms with Gasteiger partial charge >= 0.3 is 0 Å². The molecule has 20 heavy (non-hydrogen) atoms. The van der Waals surface area contributed by atoms with E-state index in [1.165, 1.54) is 10.5 Å². The van der Waals surface area contributed by atoms with E-state index in [0.717, 1.165) is 5.56 Å². The number of aryl methyl sites for hydroxylation is 1. The van der Waals surface area contributed by atoms with Crippen LogP contribution >= 0.6 is 0 Å². The highest BCUT2D eigenvalue weighted by molar-refractivity contribution is 7.89. The smallest absolute Gasteiger partial charge is 0.246 e. The molecule has 0 radical (unpaired) electrons. The van der Waals surface area contributed by atoms with E-state index in [1.807, 2.05) is 19.1 Å². The molecule has 2 aromatic rings. The highest BCUT2D eigenvalue weighted by Gasteiger charge is 2.28. The SMILES string of the molecule is Cc1[nH]ncc1S(=O)(=O)N(C)C(C)c1cccc(N)c1. The fourth-order valence-corrected chi connectivity index (χ4v) is 3.46. The molecule has 0 aliphatic carbocycles. The van der Waals surface area contributed by atoms with Crippen LogP contribution in [-0.2, 0) is 10.0 Å². The van der Waals surface area contributed by atoms with Gasteiger partial charge in [-0.25, -0.2) is 8.42 Å². The second kappa shape index (κ2) is 5.26. The molecule has 1 aromatic carbocycles. The number of rotatable bonds is 4. The van der Waals surface area contributed by atoms with Crippen molar-refractivity contribution in [2.45, 2.75) is 24.8 Å². The van der Waals surface area contributed by atoms with Gasteiger partial charge in [-0.15, -0.1) is 0 Å². The van der Waals surface area contributed by atoms with E-state index in [-0.39, 0.29) is 10.9 Å². The summed E-state index contributed by atoms with van der Waals surface area (Å²) in [5.41, 5.74) is 7.72. The Balaban J connectivity index is 2.36. The number of anilines is 1. The summed E-state index contributed by atoms with van der Waals surface area (Å²) in [5.74, 6) is 0. The van der Waals surface area contributed by atoms with E-state index in [1.54, 1.807) is 26.1 Å². The molecule has 0 saturated heterocycles. The first-order chi connectivity index (χ1) is 9.34. The van der Waals surface area contributed by atoms with Crippen LogP contribution in [0.5, 0.6) is 0 Å². The number of nitrogen functional groups attached to an aromatic ring is 1. The molecular weight excluding hydrogens is 276 g/mol. The number of hydrogen-bond acceptors (Lipinski definition) is 4. The van der Waals surface area contributed by atoms with Crippen molar-refractivity contribution in [3.8, 4) is 0 Å². The highest BCUT2D eigenvalue weighted by Crippen LogP contribution is 2.27. The summed E-state index contributed by atoms with van der Waals surface area (Å²) in [5, 5.41) is 6.41. The molecule has 0 bridgehead atoms. The van der Waals surface area contributed by atoms with Crippen molar-refractivity contribution in [1.29, 1.82) is 0 Å². The minimum absolute atomic E-state index is 0.191. The van der Waals surface area contributed by atoms with Crippen LogP contribution in [0.1, 0.15) is 24.2 Å². The second-order valence-electron chi connectivity index (χ2n) is 4.73. The molecule has 2 rings (SSSR count). The molecule has 0 aliphatic rings.